The molecule has 9 nitrogen and oxygen atoms in total. The zero-order chi connectivity index (χ0) is 28.4. The van der Waals surface area contributed by atoms with E-state index >= 15 is 0 Å². The van der Waals surface area contributed by atoms with Crippen LogP contribution in [0, 0.1) is 0 Å². The van der Waals surface area contributed by atoms with Gasteiger partial charge in [-0.25, -0.2) is 14.8 Å². The van der Waals surface area contributed by atoms with Crippen LogP contribution < -0.4 is 21.7 Å². The summed E-state index contributed by atoms with van der Waals surface area (Å²) in [4.78, 5) is 21.8. The summed E-state index contributed by atoms with van der Waals surface area (Å²) in [5.41, 5.74) is 8.73. The van der Waals surface area contributed by atoms with Gasteiger partial charge in [-0.05, 0) is 68.0 Å². The van der Waals surface area contributed by atoms with Crippen molar-refractivity contribution in [2.45, 2.75) is 57.3 Å². The maximum atomic E-state index is 13.0. The molecule has 0 unspecified atom stereocenters. The molecule has 2 heterocycles. The van der Waals surface area contributed by atoms with Gasteiger partial charge in [0.15, 0.2) is 5.82 Å². The number of rotatable bonds is 6. The molecular formula is C28H31F3N8O. The molecule has 210 valence electrons. The first-order valence-electron chi connectivity index (χ1n) is 13.2. The number of carbonyl (C=O) groups excluding carboxylic acids is 1. The zero-order valence-electron chi connectivity index (χ0n) is 22.2. The summed E-state index contributed by atoms with van der Waals surface area (Å²) in [7, 11) is 1.75. The van der Waals surface area contributed by atoms with Crippen LogP contribution in [0.2, 0.25) is 0 Å². The second kappa shape index (κ2) is 11.1. The molecule has 0 atom stereocenters. The standard InChI is InChI=1S/C28H31F3N8O/c1-3-16-11-17(12-18-15-33-26(37-25(16)18)34-21-9-7-20(32)8-10-21)23-14-24(38-39(23)2)36-27(40)35-22-6-4-5-19(13-22)28(29,30)31/h4-6,11-15,20-21H,3,7-10,32H2,1-2H3,(H,33,34,37)(H2,35,36,38,40). The van der Waals surface area contributed by atoms with Crippen molar-refractivity contribution >= 4 is 34.4 Å². The molecule has 0 spiro atoms. The number of nitrogens with zero attached hydrogens (tertiary/aromatic N) is 4. The molecule has 1 saturated carbocycles. The number of carbonyl (C=O) groups is 1. The fraction of sp³-hybridized carbons (Fsp3) is 0.357. The molecule has 2 aromatic heterocycles. The average Bonchev–Trinajstić information content (AvgIpc) is 3.28. The van der Waals surface area contributed by atoms with E-state index in [2.05, 4.69) is 33.0 Å². The van der Waals surface area contributed by atoms with Gasteiger partial charge in [-0.15, -0.1) is 0 Å². The maximum Gasteiger partial charge on any atom is 0.416 e. The highest BCUT2D eigenvalue weighted by Crippen LogP contribution is 2.31. The molecule has 2 amide bonds. The maximum absolute atomic E-state index is 13.0. The predicted molar refractivity (Wildman–Crippen MR) is 149 cm³/mol. The first-order valence-corrected chi connectivity index (χ1v) is 13.2. The zero-order valence-corrected chi connectivity index (χ0v) is 22.2. The number of aryl methyl sites for hydroxylation is 2. The summed E-state index contributed by atoms with van der Waals surface area (Å²) in [6.07, 6.45) is 2.02. The molecule has 1 aliphatic rings. The molecule has 12 heteroatoms. The largest absolute Gasteiger partial charge is 0.416 e. The van der Waals surface area contributed by atoms with Gasteiger partial charge in [0.25, 0.3) is 0 Å². The second-order valence-electron chi connectivity index (χ2n) is 10.1. The van der Waals surface area contributed by atoms with Gasteiger partial charge >= 0.3 is 12.2 Å². The number of amides is 2. The Hall–Kier alpha value is -4.19. The molecule has 0 bridgehead atoms. The summed E-state index contributed by atoms with van der Waals surface area (Å²) in [6, 6.07) is 10.0. The van der Waals surface area contributed by atoms with Crippen molar-refractivity contribution in [2.75, 3.05) is 16.0 Å². The van der Waals surface area contributed by atoms with Crippen LogP contribution in [0.3, 0.4) is 0 Å². The van der Waals surface area contributed by atoms with Crippen molar-refractivity contribution in [3.05, 3.63) is 59.8 Å². The Balaban J connectivity index is 1.33. The predicted octanol–water partition coefficient (Wildman–Crippen LogP) is 5.94. The van der Waals surface area contributed by atoms with Crippen LogP contribution >= 0.6 is 0 Å². The van der Waals surface area contributed by atoms with Gasteiger partial charge in [0.05, 0.1) is 16.8 Å². The first-order chi connectivity index (χ1) is 19.1. The van der Waals surface area contributed by atoms with Gasteiger partial charge in [-0.2, -0.15) is 18.3 Å². The van der Waals surface area contributed by atoms with Gasteiger partial charge in [0.1, 0.15) is 0 Å². The Kier molecular flexibility index (Phi) is 7.61. The van der Waals surface area contributed by atoms with E-state index in [4.69, 9.17) is 10.7 Å². The van der Waals surface area contributed by atoms with Gasteiger partial charge in [0.2, 0.25) is 5.95 Å². The van der Waals surface area contributed by atoms with Gasteiger partial charge in [-0.1, -0.05) is 13.0 Å². The molecule has 5 N–H and O–H groups in total. The Bertz CT molecular complexity index is 1530. The first kappa shape index (κ1) is 27.4. The van der Waals surface area contributed by atoms with Crippen molar-refractivity contribution in [1.82, 2.24) is 19.7 Å². The fourth-order valence-electron chi connectivity index (χ4n) is 5.00. The molecule has 1 fully saturated rings. The van der Waals surface area contributed by atoms with E-state index in [-0.39, 0.29) is 17.5 Å². The average molecular weight is 553 g/mol. The lowest BCUT2D eigenvalue weighted by Crippen LogP contribution is -2.33. The van der Waals surface area contributed by atoms with E-state index in [9.17, 15) is 18.0 Å². The van der Waals surface area contributed by atoms with E-state index in [1.807, 2.05) is 12.1 Å². The van der Waals surface area contributed by atoms with Crippen LogP contribution in [0.25, 0.3) is 22.2 Å². The lowest BCUT2D eigenvalue weighted by atomic mass is 9.92. The smallest absolute Gasteiger partial charge is 0.351 e. The number of fused-ring (bicyclic) bond motifs is 1. The number of nitrogens with two attached hydrogens (primary N) is 1. The lowest BCUT2D eigenvalue weighted by molar-refractivity contribution is -0.137. The van der Waals surface area contributed by atoms with Crippen LogP contribution in [-0.2, 0) is 19.6 Å². The van der Waals surface area contributed by atoms with Crippen LogP contribution in [-0.4, -0.2) is 37.9 Å². The molecule has 40 heavy (non-hydrogen) atoms. The Morgan fingerprint density at radius 3 is 2.60 bits per heavy atom. The number of hydrogen-bond donors (Lipinski definition) is 4. The van der Waals surface area contributed by atoms with Gasteiger partial charge in [0, 0.05) is 48.0 Å². The minimum absolute atomic E-state index is 0.0199. The van der Waals surface area contributed by atoms with E-state index < -0.39 is 17.8 Å². The highest BCUT2D eigenvalue weighted by molar-refractivity contribution is 5.99. The number of alkyl halides is 3. The molecule has 5 rings (SSSR count). The van der Waals surface area contributed by atoms with Crippen molar-refractivity contribution < 1.29 is 18.0 Å². The summed E-state index contributed by atoms with van der Waals surface area (Å²) in [5.74, 6) is 0.859. The second-order valence-corrected chi connectivity index (χ2v) is 10.1. The third-order valence-corrected chi connectivity index (χ3v) is 7.11. The summed E-state index contributed by atoms with van der Waals surface area (Å²) < 4.78 is 40.6. The fourth-order valence-corrected chi connectivity index (χ4v) is 5.00. The number of hydrogen-bond acceptors (Lipinski definition) is 6. The molecule has 0 saturated heterocycles. The minimum atomic E-state index is -4.51. The quantitative estimate of drug-likeness (QED) is 0.235. The van der Waals surface area contributed by atoms with Gasteiger partial charge in [-0.3, -0.25) is 10.00 Å². The molecule has 2 aromatic carbocycles. The number of nitrogens with one attached hydrogen (secondary N) is 3. The summed E-state index contributed by atoms with van der Waals surface area (Å²) >= 11 is 0. The van der Waals surface area contributed by atoms with Gasteiger partial charge < -0.3 is 16.4 Å². The molecule has 4 aromatic rings. The third-order valence-electron chi connectivity index (χ3n) is 7.11. The highest BCUT2D eigenvalue weighted by atomic mass is 19.4. The minimum Gasteiger partial charge on any atom is -0.351 e. The number of urea groups is 1. The lowest BCUT2D eigenvalue weighted by Gasteiger charge is -2.26. The van der Waals surface area contributed by atoms with Crippen LogP contribution in [0.4, 0.5) is 35.4 Å². The topological polar surface area (TPSA) is 123 Å². The highest BCUT2D eigenvalue weighted by Gasteiger charge is 2.30. The number of anilines is 3. The Morgan fingerprint density at radius 1 is 1.10 bits per heavy atom. The molecule has 1 aliphatic carbocycles. The van der Waals surface area contributed by atoms with E-state index in [1.54, 1.807) is 24.0 Å². The van der Waals surface area contributed by atoms with Crippen molar-refractivity contribution in [1.29, 1.82) is 0 Å². The summed E-state index contributed by atoms with van der Waals surface area (Å²) in [6.45, 7) is 2.06. The van der Waals surface area contributed by atoms with Crippen molar-refractivity contribution in [3.8, 4) is 11.3 Å². The molecular weight excluding hydrogens is 521 g/mol. The summed E-state index contributed by atoms with van der Waals surface area (Å²) in [5, 5.41) is 13.7. The molecule has 0 radical (unpaired) electrons. The van der Waals surface area contributed by atoms with Crippen LogP contribution in [0.15, 0.2) is 48.7 Å². The van der Waals surface area contributed by atoms with Crippen LogP contribution in [0.1, 0.15) is 43.7 Å². The van der Waals surface area contributed by atoms with Crippen molar-refractivity contribution in [2.24, 2.45) is 12.8 Å². The normalized spacial score (nSPS) is 17.6. The monoisotopic (exact) mass is 552 g/mol. The number of benzene rings is 2. The number of aromatic nitrogens is 4. The SMILES string of the molecule is CCc1cc(-c2cc(NC(=O)Nc3cccc(C(F)(F)F)c3)nn2C)cc2cnc(NC3CCC(N)CC3)nc12. The Labute approximate surface area is 229 Å². The Morgan fingerprint density at radius 2 is 1.88 bits per heavy atom. The third kappa shape index (κ3) is 6.17. The van der Waals surface area contributed by atoms with E-state index in [0.717, 1.165) is 72.0 Å². The van der Waals surface area contributed by atoms with E-state index in [0.29, 0.717) is 12.0 Å². The van der Waals surface area contributed by atoms with Crippen LogP contribution in [0.5, 0.6) is 0 Å². The molecule has 0 aliphatic heterocycles. The van der Waals surface area contributed by atoms with Crippen molar-refractivity contribution in [3.63, 3.8) is 0 Å². The number of halogens is 3. The van der Waals surface area contributed by atoms with E-state index in [1.165, 1.54) is 12.1 Å².